The highest BCUT2D eigenvalue weighted by molar-refractivity contribution is 6.05. The number of nitrogens with zero attached hydrogens (tertiary/aromatic N) is 4. The Morgan fingerprint density at radius 3 is 2.24 bits per heavy atom. The lowest BCUT2D eigenvalue weighted by atomic mass is 9.90. The number of amides is 1. The predicted octanol–water partition coefficient (Wildman–Crippen LogP) is 4.56. The number of hydrogen-bond acceptors (Lipinski definition) is 4. The van der Waals surface area contributed by atoms with E-state index >= 15 is 0 Å². The Bertz CT molecular complexity index is 928. The van der Waals surface area contributed by atoms with Gasteiger partial charge in [0.15, 0.2) is 0 Å². The van der Waals surface area contributed by atoms with Crippen molar-refractivity contribution >= 4 is 30.1 Å². The molecule has 0 radical (unpaired) electrons. The van der Waals surface area contributed by atoms with Crippen LogP contribution in [0.5, 0.6) is 0 Å². The maximum absolute atomic E-state index is 12.7. The van der Waals surface area contributed by atoms with Gasteiger partial charge < -0.3 is 4.90 Å². The first-order chi connectivity index (χ1) is 13.7. The molecule has 1 amide bonds. The SMILES string of the molecule is CN(C(=O)c1ccccc1)c1ccnc(N2CCC(c3ccccc3)CC2)n1.Cl. The maximum Gasteiger partial charge on any atom is 0.259 e. The van der Waals surface area contributed by atoms with Crippen molar-refractivity contribution < 1.29 is 4.79 Å². The second kappa shape index (κ2) is 9.52. The average Bonchev–Trinajstić information content (AvgIpc) is 2.79. The molecule has 4 rings (SSSR count). The number of piperidine rings is 1. The molecule has 2 aromatic carbocycles. The molecule has 0 saturated carbocycles. The van der Waals surface area contributed by atoms with Gasteiger partial charge in [0.05, 0.1) is 0 Å². The minimum atomic E-state index is -0.0759. The quantitative estimate of drug-likeness (QED) is 0.635. The Balaban J connectivity index is 0.00000240. The van der Waals surface area contributed by atoms with Crippen molar-refractivity contribution in [2.45, 2.75) is 18.8 Å². The smallest absolute Gasteiger partial charge is 0.259 e. The Morgan fingerprint density at radius 2 is 1.59 bits per heavy atom. The summed E-state index contributed by atoms with van der Waals surface area (Å²) in [6.07, 6.45) is 3.89. The molecule has 1 aromatic heterocycles. The molecule has 0 aliphatic carbocycles. The molecule has 0 unspecified atom stereocenters. The summed E-state index contributed by atoms with van der Waals surface area (Å²) in [7, 11) is 1.75. The van der Waals surface area contributed by atoms with E-state index < -0.39 is 0 Å². The third-order valence-electron chi connectivity index (χ3n) is 5.35. The molecule has 150 valence electrons. The number of aromatic nitrogens is 2. The van der Waals surface area contributed by atoms with E-state index in [-0.39, 0.29) is 18.3 Å². The van der Waals surface area contributed by atoms with Gasteiger partial charge in [0.1, 0.15) is 5.82 Å². The van der Waals surface area contributed by atoms with Crippen LogP contribution in [0.4, 0.5) is 11.8 Å². The highest BCUT2D eigenvalue weighted by Gasteiger charge is 2.23. The Labute approximate surface area is 177 Å². The Kier molecular flexibility index (Phi) is 6.83. The van der Waals surface area contributed by atoms with E-state index in [4.69, 9.17) is 0 Å². The first kappa shape index (κ1) is 20.8. The van der Waals surface area contributed by atoms with Crippen LogP contribution < -0.4 is 9.80 Å². The van der Waals surface area contributed by atoms with E-state index in [1.807, 2.05) is 30.3 Å². The molecule has 1 aliphatic rings. The van der Waals surface area contributed by atoms with Crippen LogP contribution >= 0.6 is 12.4 Å². The molecule has 1 saturated heterocycles. The van der Waals surface area contributed by atoms with Crippen LogP contribution in [0.2, 0.25) is 0 Å². The predicted molar refractivity (Wildman–Crippen MR) is 119 cm³/mol. The van der Waals surface area contributed by atoms with Gasteiger partial charge in [-0.3, -0.25) is 9.69 Å². The van der Waals surface area contributed by atoms with Gasteiger partial charge in [-0.2, -0.15) is 4.98 Å². The Hall–Kier alpha value is -2.92. The molecule has 5 nitrogen and oxygen atoms in total. The number of benzene rings is 2. The first-order valence-electron chi connectivity index (χ1n) is 9.68. The van der Waals surface area contributed by atoms with Crippen LogP contribution in [0.25, 0.3) is 0 Å². The first-order valence-corrected chi connectivity index (χ1v) is 9.68. The van der Waals surface area contributed by atoms with Crippen molar-refractivity contribution in [1.82, 2.24) is 9.97 Å². The average molecular weight is 409 g/mol. The van der Waals surface area contributed by atoms with E-state index in [1.165, 1.54) is 5.56 Å². The van der Waals surface area contributed by atoms with Gasteiger partial charge in [0, 0.05) is 31.9 Å². The van der Waals surface area contributed by atoms with Crippen molar-refractivity contribution in [3.63, 3.8) is 0 Å². The van der Waals surface area contributed by atoms with Gasteiger partial charge >= 0.3 is 0 Å². The van der Waals surface area contributed by atoms with E-state index in [0.717, 1.165) is 25.9 Å². The monoisotopic (exact) mass is 408 g/mol. The molecule has 29 heavy (non-hydrogen) atoms. The maximum atomic E-state index is 12.7. The minimum absolute atomic E-state index is 0. The summed E-state index contributed by atoms with van der Waals surface area (Å²) in [4.78, 5) is 25.6. The van der Waals surface area contributed by atoms with Crippen LogP contribution in [0.3, 0.4) is 0 Å². The van der Waals surface area contributed by atoms with Crippen molar-refractivity contribution in [2.24, 2.45) is 0 Å². The topological polar surface area (TPSA) is 49.3 Å². The number of halogens is 1. The fraction of sp³-hybridized carbons (Fsp3) is 0.261. The number of rotatable bonds is 4. The summed E-state index contributed by atoms with van der Waals surface area (Å²) in [5.74, 6) is 1.82. The second-order valence-corrected chi connectivity index (χ2v) is 7.12. The Morgan fingerprint density at radius 1 is 0.966 bits per heavy atom. The molecule has 1 fully saturated rings. The van der Waals surface area contributed by atoms with Gasteiger partial charge in [-0.25, -0.2) is 4.98 Å². The summed E-state index contributed by atoms with van der Waals surface area (Å²) >= 11 is 0. The standard InChI is InChI=1S/C23H24N4O.ClH/c1-26(22(28)20-10-6-3-7-11-20)21-12-15-24-23(25-21)27-16-13-19(14-17-27)18-8-4-2-5-9-18;/h2-12,15,19H,13-14,16-17H2,1H3;1H. The zero-order valence-electron chi connectivity index (χ0n) is 16.4. The van der Waals surface area contributed by atoms with E-state index in [0.29, 0.717) is 23.2 Å². The van der Waals surface area contributed by atoms with Crippen molar-refractivity contribution in [1.29, 1.82) is 0 Å². The third-order valence-corrected chi connectivity index (χ3v) is 5.35. The van der Waals surface area contributed by atoms with E-state index in [2.05, 4.69) is 45.2 Å². The van der Waals surface area contributed by atoms with Crippen LogP contribution in [-0.2, 0) is 0 Å². The molecule has 3 aromatic rings. The summed E-state index contributed by atoms with van der Waals surface area (Å²) in [5, 5.41) is 0. The van der Waals surface area contributed by atoms with Gasteiger partial charge in [-0.05, 0) is 42.5 Å². The van der Waals surface area contributed by atoms with Crippen LogP contribution in [0, 0.1) is 0 Å². The second-order valence-electron chi connectivity index (χ2n) is 7.12. The molecule has 6 heteroatoms. The lowest BCUT2D eigenvalue weighted by molar-refractivity contribution is 0.0992. The molecule has 0 bridgehead atoms. The third kappa shape index (κ3) is 4.74. The van der Waals surface area contributed by atoms with Crippen LogP contribution in [0.1, 0.15) is 34.7 Å². The zero-order chi connectivity index (χ0) is 19.3. The van der Waals surface area contributed by atoms with Crippen LogP contribution in [-0.4, -0.2) is 36.0 Å². The molecule has 0 atom stereocenters. The molecule has 1 aliphatic heterocycles. The lowest BCUT2D eigenvalue weighted by Crippen LogP contribution is -2.35. The van der Waals surface area contributed by atoms with Gasteiger partial charge in [0.25, 0.3) is 5.91 Å². The van der Waals surface area contributed by atoms with Gasteiger partial charge in [0.2, 0.25) is 5.95 Å². The van der Waals surface area contributed by atoms with Crippen LogP contribution in [0.15, 0.2) is 72.9 Å². The largest absolute Gasteiger partial charge is 0.341 e. The summed E-state index contributed by atoms with van der Waals surface area (Å²) in [6, 6.07) is 21.7. The molecule has 2 heterocycles. The summed E-state index contributed by atoms with van der Waals surface area (Å²) in [6.45, 7) is 1.83. The van der Waals surface area contributed by atoms with E-state index in [9.17, 15) is 4.79 Å². The molecule has 0 N–H and O–H groups in total. The minimum Gasteiger partial charge on any atom is -0.341 e. The highest BCUT2D eigenvalue weighted by atomic mass is 35.5. The fourth-order valence-electron chi connectivity index (χ4n) is 3.69. The summed E-state index contributed by atoms with van der Waals surface area (Å²) in [5.41, 5.74) is 2.05. The number of anilines is 2. The van der Waals surface area contributed by atoms with Crippen molar-refractivity contribution in [3.05, 3.63) is 84.1 Å². The number of hydrogen-bond donors (Lipinski definition) is 0. The van der Waals surface area contributed by atoms with Crippen molar-refractivity contribution in [2.75, 3.05) is 29.9 Å². The molecular formula is C23H25ClN4O. The van der Waals surface area contributed by atoms with E-state index in [1.54, 1.807) is 24.2 Å². The van der Waals surface area contributed by atoms with Crippen molar-refractivity contribution in [3.8, 4) is 0 Å². The van der Waals surface area contributed by atoms with Gasteiger partial charge in [-0.1, -0.05) is 48.5 Å². The fourth-order valence-corrected chi connectivity index (χ4v) is 3.69. The number of carbonyl (C=O) groups excluding carboxylic acids is 1. The molecular weight excluding hydrogens is 384 g/mol. The van der Waals surface area contributed by atoms with Gasteiger partial charge in [-0.15, -0.1) is 12.4 Å². The lowest BCUT2D eigenvalue weighted by Gasteiger charge is -2.32. The summed E-state index contributed by atoms with van der Waals surface area (Å²) < 4.78 is 0. The molecule has 0 spiro atoms. The zero-order valence-corrected chi connectivity index (χ0v) is 17.3. The normalized spacial score (nSPS) is 14.2. The number of carbonyl (C=O) groups is 1. The highest BCUT2D eigenvalue weighted by Crippen LogP contribution is 2.29.